The predicted molar refractivity (Wildman–Crippen MR) is 106 cm³/mol. The Morgan fingerprint density at radius 3 is 2.75 bits per heavy atom. The second-order valence-electron chi connectivity index (χ2n) is 7.40. The van der Waals surface area contributed by atoms with E-state index in [2.05, 4.69) is 20.4 Å². The van der Waals surface area contributed by atoms with Crippen LogP contribution in [0.15, 0.2) is 24.5 Å². The van der Waals surface area contributed by atoms with Gasteiger partial charge in [0, 0.05) is 18.3 Å². The van der Waals surface area contributed by atoms with Gasteiger partial charge in [0.05, 0.1) is 24.3 Å². The minimum absolute atomic E-state index is 0.177. The molecule has 3 aromatic rings. The van der Waals surface area contributed by atoms with Crippen molar-refractivity contribution in [3.05, 3.63) is 29.8 Å². The van der Waals surface area contributed by atoms with E-state index in [-0.39, 0.29) is 5.28 Å². The van der Waals surface area contributed by atoms with Crippen LogP contribution in [0.3, 0.4) is 0 Å². The summed E-state index contributed by atoms with van der Waals surface area (Å²) < 4.78 is 15.6. The highest BCUT2D eigenvalue weighted by atomic mass is 35.5. The second-order valence-corrected chi connectivity index (χ2v) is 7.74. The van der Waals surface area contributed by atoms with E-state index in [0.717, 1.165) is 37.3 Å². The van der Waals surface area contributed by atoms with Crippen LogP contribution >= 0.6 is 11.6 Å². The third-order valence-electron chi connectivity index (χ3n) is 5.51. The molecule has 146 valence electrons. The van der Waals surface area contributed by atoms with Crippen LogP contribution in [0.25, 0.3) is 22.3 Å². The maximum Gasteiger partial charge on any atom is 0.223 e. The Hall–Kier alpha value is -2.32. The van der Waals surface area contributed by atoms with Crippen molar-refractivity contribution in [2.75, 3.05) is 31.1 Å². The molecule has 5 heterocycles. The van der Waals surface area contributed by atoms with Crippen LogP contribution in [0.5, 0.6) is 0 Å². The van der Waals surface area contributed by atoms with Crippen molar-refractivity contribution in [2.45, 2.75) is 31.5 Å². The second kappa shape index (κ2) is 7.25. The molecule has 1 unspecified atom stereocenters. The molecule has 0 aliphatic carbocycles. The third-order valence-corrected chi connectivity index (χ3v) is 5.68. The Balaban J connectivity index is 1.55. The zero-order valence-corrected chi connectivity index (χ0v) is 16.1. The number of alkyl halides is 1. The highest BCUT2D eigenvalue weighted by molar-refractivity contribution is 6.28. The van der Waals surface area contributed by atoms with Gasteiger partial charge in [0.15, 0.2) is 0 Å². The number of hydrogen-bond donors (Lipinski definition) is 1. The number of fused-ring (bicyclic) bond motifs is 1. The summed E-state index contributed by atoms with van der Waals surface area (Å²) in [4.78, 5) is 15.5. The lowest BCUT2D eigenvalue weighted by atomic mass is 10.1. The van der Waals surface area contributed by atoms with Gasteiger partial charge in [-0.1, -0.05) is 0 Å². The predicted octanol–water partition coefficient (Wildman–Crippen LogP) is 3.01. The van der Waals surface area contributed by atoms with E-state index >= 15 is 0 Å². The highest BCUT2D eigenvalue weighted by Crippen LogP contribution is 2.30. The largest absolute Gasteiger partial charge is 0.354 e. The smallest absolute Gasteiger partial charge is 0.223 e. The number of aromatic nitrogens is 5. The van der Waals surface area contributed by atoms with Gasteiger partial charge >= 0.3 is 0 Å². The molecule has 1 atom stereocenters. The average molecular weight is 402 g/mol. The van der Waals surface area contributed by atoms with Crippen LogP contribution in [0.2, 0.25) is 5.28 Å². The van der Waals surface area contributed by atoms with Crippen LogP contribution in [0.4, 0.5) is 10.2 Å². The molecule has 5 rings (SSSR count). The van der Waals surface area contributed by atoms with E-state index in [4.69, 9.17) is 16.6 Å². The van der Waals surface area contributed by atoms with Crippen LogP contribution in [-0.4, -0.2) is 57.1 Å². The van der Waals surface area contributed by atoms with Gasteiger partial charge in [-0.15, -0.1) is 0 Å². The molecular weight excluding hydrogens is 381 g/mol. The first-order valence-electron chi connectivity index (χ1n) is 9.66. The standard InChI is InChI=1S/C19H21ClFN7/c20-19-24-15-1-2-16(27-8-5-13(21)11-27)25-18(15)17(26-19)12-9-23-28(10-12)14-3-6-22-7-4-14/h1-2,9-10,13-14,22H,3-8,11H2. The summed E-state index contributed by atoms with van der Waals surface area (Å²) in [6, 6.07) is 4.12. The van der Waals surface area contributed by atoms with E-state index in [1.165, 1.54) is 0 Å². The van der Waals surface area contributed by atoms with E-state index in [1.54, 1.807) is 0 Å². The fourth-order valence-corrected chi connectivity index (χ4v) is 4.19. The van der Waals surface area contributed by atoms with E-state index in [9.17, 15) is 4.39 Å². The van der Waals surface area contributed by atoms with Crippen LogP contribution in [-0.2, 0) is 0 Å². The number of hydrogen-bond acceptors (Lipinski definition) is 6. The molecule has 3 aromatic heterocycles. The van der Waals surface area contributed by atoms with Gasteiger partial charge < -0.3 is 10.2 Å². The van der Waals surface area contributed by atoms with Gasteiger partial charge in [0.2, 0.25) is 5.28 Å². The van der Waals surface area contributed by atoms with Crippen molar-refractivity contribution in [3.63, 3.8) is 0 Å². The quantitative estimate of drug-likeness (QED) is 0.680. The van der Waals surface area contributed by atoms with E-state index in [0.29, 0.717) is 42.3 Å². The first kappa shape index (κ1) is 17.8. The molecule has 0 spiro atoms. The minimum atomic E-state index is -0.804. The first-order chi connectivity index (χ1) is 13.7. The molecule has 2 fully saturated rings. The topological polar surface area (TPSA) is 71.8 Å². The van der Waals surface area contributed by atoms with Gasteiger partial charge in [-0.3, -0.25) is 4.68 Å². The summed E-state index contributed by atoms with van der Waals surface area (Å²) in [7, 11) is 0. The van der Waals surface area contributed by atoms with Gasteiger partial charge in [0.25, 0.3) is 0 Å². The van der Waals surface area contributed by atoms with Crippen molar-refractivity contribution in [1.29, 1.82) is 0 Å². The molecule has 0 radical (unpaired) electrons. The van der Waals surface area contributed by atoms with Crippen LogP contribution < -0.4 is 10.2 Å². The maximum absolute atomic E-state index is 13.6. The van der Waals surface area contributed by atoms with E-state index in [1.807, 2.05) is 34.1 Å². The summed E-state index contributed by atoms with van der Waals surface area (Å²) in [5, 5.41) is 8.11. The first-order valence-corrected chi connectivity index (χ1v) is 10.0. The molecule has 0 amide bonds. The fraction of sp³-hybridized carbons (Fsp3) is 0.474. The summed E-state index contributed by atoms with van der Waals surface area (Å²) in [5.41, 5.74) is 2.86. The number of piperidine rings is 1. The van der Waals surface area contributed by atoms with Gasteiger partial charge in [0.1, 0.15) is 23.2 Å². The van der Waals surface area contributed by atoms with Gasteiger partial charge in [-0.25, -0.2) is 19.3 Å². The SMILES string of the molecule is FC1CCN(c2ccc3nc(Cl)nc(-c4cnn(C5CCNCC5)c4)c3n2)C1. The molecule has 2 aliphatic rings. The van der Waals surface area contributed by atoms with Crippen molar-refractivity contribution in [2.24, 2.45) is 0 Å². The lowest BCUT2D eigenvalue weighted by Crippen LogP contribution is -2.29. The molecule has 1 N–H and O–H groups in total. The minimum Gasteiger partial charge on any atom is -0.354 e. The molecule has 28 heavy (non-hydrogen) atoms. The summed E-state index contributed by atoms with van der Waals surface area (Å²) >= 11 is 6.17. The number of nitrogens with one attached hydrogen (secondary N) is 1. The Kier molecular flexibility index (Phi) is 4.60. The van der Waals surface area contributed by atoms with Crippen molar-refractivity contribution in [3.8, 4) is 11.3 Å². The van der Waals surface area contributed by atoms with Crippen molar-refractivity contribution >= 4 is 28.5 Å². The van der Waals surface area contributed by atoms with Gasteiger partial charge in [-0.2, -0.15) is 5.10 Å². The molecule has 0 bridgehead atoms. The third kappa shape index (κ3) is 3.31. The molecule has 2 aliphatic heterocycles. The molecule has 7 nitrogen and oxygen atoms in total. The molecule has 0 saturated carbocycles. The monoisotopic (exact) mass is 401 g/mol. The lowest BCUT2D eigenvalue weighted by molar-refractivity contribution is 0.343. The summed E-state index contributed by atoms with van der Waals surface area (Å²) in [5.74, 6) is 0.741. The van der Waals surface area contributed by atoms with E-state index < -0.39 is 6.17 Å². The Labute approximate surface area is 166 Å². The van der Waals surface area contributed by atoms with Crippen LogP contribution in [0, 0.1) is 0 Å². The normalized spacial score (nSPS) is 20.9. The Bertz CT molecular complexity index is 1000. The number of halogens is 2. The Morgan fingerprint density at radius 1 is 1.11 bits per heavy atom. The van der Waals surface area contributed by atoms with Gasteiger partial charge in [-0.05, 0) is 56.1 Å². The summed E-state index contributed by atoms with van der Waals surface area (Å²) in [6.07, 6.45) is 5.65. The number of rotatable bonds is 3. The van der Waals surface area contributed by atoms with Crippen molar-refractivity contribution in [1.82, 2.24) is 30.0 Å². The lowest BCUT2D eigenvalue weighted by Gasteiger charge is -2.22. The zero-order chi connectivity index (χ0) is 19.1. The molecular formula is C19H21ClFN7. The number of pyridine rings is 1. The molecule has 9 heteroatoms. The van der Waals surface area contributed by atoms with Crippen LogP contribution in [0.1, 0.15) is 25.3 Å². The number of anilines is 1. The molecule has 0 aromatic carbocycles. The fourth-order valence-electron chi connectivity index (χ4n) is 4.01. The van der Waals surface area contributed by atoms with Crippen molar-refractivity contribution < 1.29 is 4.39 Å². The average Bonchev–Trinajstić information content (AvgIpc) is 3.37. The Morgan fingerprint density at radius 2 is 1.96 bits per heavy atom. The highest BCUT2D eigenvalue weighted by Gasteiger charge is 2.24. The maximum atomic E-state index is 13.6. The molecule has 2 saturated heterocycles. The number of nitrogens with zero attached hydrogens (tertiary/aromatic N) is 6. The summed E-state index contributed by atoms with van der Waals surface area (Å²) in [6.45, 7) is 3.03. The zero-order valence-electron chi connectivity index (χ0n) is 15.4.